The molecule has 0 aliphatic heterocycles. The predicted molar refractivity (Wildman–Crippen MR) is 82.7 cm³/mol. The number of rotatable bonds is 3. The molecular weight excluding hydrogens is 244 g/mol. The van der Waals surface area contributed by atoms with Crippen LogP contribution in [0.2, 0.25) is 0 Å². The average Bonchev–Trinajstić information content (AvgIpc) is 2.67. The maximum atomic E-state index is 5.77. The van der Waals surface area contributed by atoms with Gasteiger partial charge in [0.2, 0.25) is 0 Å². The van der Waals surface area contributed by atoms with E-state index >= 15 is 0 Å². The molecule has 0 atom stereocenters. The molecule has 2 N–H and O–H groups in total. The summed E-state index contributed by atoms with van der Waals surface area (Å²) in [7, 11) is 2.27. The monoisotopic (exact) mass is 272 g/mol. The summed E-state index contributed by atoms with van der Waals surface area (Å²) in [5.41, 5.74) is 10.3. The minimum atomic E-state index is 0.770. The van der Waals surface area contributed by atoms with Gasteiger partial charge in [-0.15, -0.1) is 0 Å². The third-order valence-corrected chi connectivity index (χ3v) is 6.66. The highest BCUT2D eigenvalue weighted by Gasteiger charge is 2.49. The zero-order chi connectivity index (χ0) is 13.9. The summed E-state index contributed by atoms with van der Waals surface area (Å²) in [5.74, 6) is 4.94. The van der Waals surface area contributed by atoms with E-state index in [1.54, 1.807) is 12.1 Å². The minimum Gasteiger partial charge on any atom is -0.351 e. The second-order valence-corrected chi connectivity index (χ2v) is 7.73. The van der Waals surface area contributed by atoms with E-state index in [1.165, 1.54) is 36.9 Å². The van der Waals surface area contributed by atoms with Crippen LogP contribution in [0.5, 0.6) is 0 Å². The van der Waals surface area contributed by atoms with Gasteiger partial charge in [-0.05, 0) is 87.3 Å². The smallest absolute Gasteiger partial charge is 0.0213 e. The molecule has 0 unspecified atom stereocenters. The molecule has 0 radical (unpaired) electrons. The van der Waals surface area contributed by atoms with Crippen molar-refractivity contribution in [3.8, 4) is 0 Å². The van der Waals surface area contributed by atoms with E-state index < -0.39 is 0 Å². The molecule has 2 heteroatoms. The van der Waals surface area contributed by atoms with Gasteiger partial charge in [0, 0.05) is 24.4 Å². The van der Waals surface area contributed by atoms with Crippen LogP contribution in [0, 0.1) is 30.6 Å². The standard InChI is InChI=1S/C18H28N2/c1-11-14(3-4-19)10-17(20(11)2)18-15-6-12-5-13(8-15)9-16(18)7-12/h10,12-13,15-16,18H,3-9,19H2,1-2H3. The van der Waals surface area contributed by atoms with E-state index in [-0.39, 0.29) is 0 Å². The number of nitrogens with zero attached hydrogens (tertiary/aromatic N) is 1. The van der Waals surface area contributed by atoms with Gasteiger partial charge >= 0.3 is 0 Å². The fraction of sp³-hybridized carbons (Fsp3) is 0.778. The summed E-state index contributed by atoms with van der Waals surface area (Å²) in [6.45, 7) is 3.04. The third kappa shape index (κ3) is 1.80. The number of hydrogen-bond acceptors (Lipinski definition) is 1. The molecule has 4 aliphatic carbocycles. The Bertz CT molecular complexity index is 486. The molecule has 4 bridgehead atoms. The van der Waals surface area contributed by atoms with Gasteiger partial charge in [-0.2, -0.15) is 0 Å². The lowest BCUT2D eigenvalue weighted by Crippen LogP contribution is -2.44. The van der Waals surface area contributed by atoms with Crippen molar-refractivity contribution < 1.29 is 0 Å². The normalized spacial score (nSPS) is 38.6. The third-order valence-electron chi connectivity index (χ3n) is 6.66. The van der Waals surface area contributed by atoms with Crippen molar-refractivity contribution in [2.45, 2.75) is 51.4 Å². The van der Waals surface area contributed by atoms with Gasteiger partial charge in [-0.25, -0.2) is 0 Å². The molecular formula is C18H28N2. The molecule has 0 saturated heterocycles. The lowest BCUT2D eigenvalue weighted by Gasteiger charge is -2.54. The summed E-state index contributed by atoms with van der Waals surface area (Å²) in [5, 5.41) is 0. The Morgan fingerprint density at radius 3 is 2.25 bits per heavy atom. The van der Waals surface area contributed by atoms with Gasteiger partial charge in [0.05, 0.1) is 0 Å². The Balaban J connectivity index is 1.69. The number of nitrogens with two attached hydrogens (primary N) is 1. The SMILES string of the molecule is Cc1c(CCN)cc(C2C3CC4CC(C3)CC2C4)n1C. The first-order chi connectivity index (χ1) is 9.67. The quantitative estimate of drug-likeness (QED) is 0.898. The Hall–Kier alpha value is -0.760. The topological polar surface area (TPSA) is 30.9 Å². The Morgan fingerprint density at radius 1 is 1.10 bits per heavy atom. The summed E-state index contributed by atoms with van der Waals surface area (Å²) >= 11 is 0. The van der Waals surface area contributed by atoms with E-state index in [0.717, 1.165) is 42.6 Å². The highest BCUT2D eigenvalue weighted by molar-refractivity contribution is 5.31. The second-order valence-electron chi connectivity index (χ2n) is 7.73. The summed E-state index contributed by atoms with van der Waals surface area (Å²) in [6, 6.07) is 2.50. The molecule has 5 rings (SSSR count). The summed E-state index contributed by atoms with van der Waals surface area (Å²) in [6.07, 6.45) is 8.61. The van der Waals surface area contributed by atoms with Crippen LogP contribution in [0.25, 0.3) is 0 Å². The van der Waals surface area contributed by atoms with E-state index in [0.29, 0.717) is 0 Å². The maximum Gasteiger partial charge on any atom is 0.0213 e. The molecule has 1 heterocycles. The Labute approximate surface area is 122 Å². The molecule has 110 valence electrons. The van der Waals surface area contributed by atoms with Crippen molar-refractivity contribution in [2.24, 2.45) is 36.5 Å². The van der Waals surface area contributed by atoms with Gasteiger partial charge < -0.3 is 10.3 Å². The van der Waals surface area contributed by atoms with E-state index in [4.69, 9.17) is 5.73 Å². The molecule has 4 saturated carbocycles. The fourth-order valence-corrected chi connectivity index (χ4v) is 5.93. The number of hydrogen-bond donors (Lipinski definition) is 1. The maximum absolute atomic E-state index is 5.77. The number of aromatic nitrogens is 1. The Morgan fingerprint density at radius 2 is 1.70 bits per heavy atom. The van der Waals surface area contributed by atoms with Crippen molar-refractivity contribution in [3.05, 3.63) is 23.0 Å². The van der Waals surface area contributed by atoms with Crippen LogP contribution in [0.15, 0.2) is 6.07 Å². The van der Waals surface area contributed by atoms with Gasteiger partial charge in [-0.1, -0.05) is 0 Å². The van der Waals surface area contributed by atoms with Crippen LogP contribution >= 0.6 is 0 Å². The zero-order valence-electron chi connectivity index (χ0n) is 12.9. The molecule has 2 nitrogen and oxygen atoms in total. The molecule has 20 heavy (non-hydrogen) atoms. The van der Waals surface area contributed by atoms with Crippen molar-refractivity contribution in [1.82, 2.24) is 4.57 Å². The summed E-state index contributed by atoms with van der Waals surface area (Å²) < 4.78 is 2.48. The first kappa shape index (κ1) is 12.9. The van der Waals surface area contributed by atoms with Crippen molar-refractivity contribution in [2.75, 3.05) is 6.54 Å². The molecule has 1 aromatic rings. The van der Waals surface area contributed by atoms with Crippen LogP contribution in [-0.4, -0.2) is 11.1 Å². The highest BCUT2D eigenvalue weighted by Crippen LogP contribution is 2.59. The van der Waals surface area contributed by atoms with Crippen molar-refractivity contribution >= 4 is 0 Å². The highest BCUT2D eigenvalue weighted by atomic mass is 15.0. The molecule has 4 aliphatic rings. The van der Waals surface area contributed by atoms with Gasteiger partial charge in [0.15, 0.2) is 0 Å². The lowest BCUT2D eigenvalue weighted by molar-refractivity contribution is -0.00505. The van der Waals surface area contributed by atoms with Crippen LogP contribution in [0.4, 0.5) is 0 Å². The minimum absolute atomic E-state index is 0.770. The van der Waals surface area contributed by atoms with Gasteiger partial charge in [0.1, 0.15) is 0 Å². The fourth-order valence-electron chi connectivity index (χ4n) is 5.93. The first-order valence-electron chi connectivity index (χ1n) is 8.52. The van der Waals surface area contributed by atoms with E-state index in [1.807, 2.05) is 0 Å². The van der Waals surface area contributed by atoms with Gasteiger partial charge in [0.25, 0.3) is 0 Å². The molecule has 4 fully saturated rings. The Kier molecular flexibility index (Phi) is 2.99. The average molecular weight is 272 g/mol. The van der Waals surface area contributed by atoms with Crippen molar-refractivity contribution in [3.63, 3.8) is 0 Å². The van der Waals surface area contributed by atoms with Gasteiger partial charge in [-0.3, -0.25) is 0 Å². The molecule has 0 spiro atoms. The predicted octanol–water partition coefficient (Wildman–Crippen LogP) is 3.37. The zero-order valence-corrected chi connectivity index (χ0v) is 12.9. The van der Waals surface area contributed by atoms with Crippen molar-refractivity contribution in [1.29, 1.82) is 0 Å². The molecule has 1 aromatic heterocycles. The van der Waals surface area contributed by atoms with Crippen LogP contribution in [-0.2, 0) is 13.5 Å². The largest absolute Gasteiger partial charge is 0.351 e. The van der Waals surface area contributed by atoms with E-state index in [9.17, 15) is 0 Å². The lowest BCUT2D eigenvalue weighted by atomic mass is 9.51. The van der Waals surface area contributed by atoms with E-state index in [2.05, 4.69) is 24.6 Å². The van der Waals surface area contributed by atoms with Crippen LogP contribution in [0.1, 0.15) is 55.0 Å². The molecule has 0 aromatic carbocycles. The van der Waals surface area contributed by atoms with Crippen LogP contribution < -0.4 is 5.73 Å². The van der Waals surface area contributed by atoms with Crippen LogP contribution in [0.3, 0.4) is 0 Å². The summed E-state index contributed by atoms with van der Waals surface area (Å²) in [4.78, 5) is 0. The molecule has 0 amide bonds. The first-order valence-corrected chi connectivity index (χ1v) is 8.52. The second kappa shape index (κ2) is 4.62.